The molecule has 5 heteroatoms. The number of halogens is 2. The van der Waals surface area contributed by atoms with Gasteiger partial charge in [0, 0.05) is 17.3 Å². The van der Waals surface area contributed by atoms with Crippen molar-refractivity contribution < 1.29 is 13.6 Å². The van der Waals surface area contributed by atoms with E-state index in [0.29, 0.717) is 5.69 Å². The van der Waals surface area contributed by atoms with Gasteiger partial charge in [0.1, 0.15) is 17.3 Å². The molecule has 0 bridgehead atoms. The molecule has 0 fully saturated rings. The van der Waals surface area contributed by atoms with E-state index < -0.39 is 11.6 Å². The molecule has 2 aromatic rings. The van der Waals surface area contributed by atoms with Crippen molar-refractivity contribution in [1.82, 2.24) is 9.88 Å². The van der Waals surface area contributed by atoms with Crippen LogP contribution < -0.4 is 5.32 Å². The van der Waals surface area contributed by atoms with Crippen LogP contribution in [-0.4, -0.2) is 16.5 Å². The summed E-state index contributed by atoms with van der Waals surface area (Å²) in [6, 6.07) is 3.87. The monoisotopic (exact) mass is 346 g/mol. The molecular weight excluding hydrogens is 322 g/mol. The molecule has 3 nitrogen and oxygen atoms in total. The average molecular weight is 346 g/mol. The molecular formula is C20H24F2N2O. The Morgan fingerprint density at radius 1 is 1.20 bits per heavy atom. The number of carbonyl (C=O) groups is 1. The van der Waals surface area contributed by atoms with Gasteiger partial charge in [0.05, 0.1) is 6.54 Å². The Morgan fingerprint density at radius 3 is 2.48 bits per heavy atom. The first-order valence-corrected chi connectivity index (χ1v) is 8.84. The van der Waals surface area contributed by atoms with Crippen molar-refractivity contribution in [2.45, 2.75) is 59.0 Å². The van der Waals surface area contributed by atoms with Crippen LogP contribution in [0, 0.1) is 18.6 Å². The fourth-order valence-corrected chi connectivity index (χ4v) is 3.71. The summed E-state index contributed by atoms with van der Waals surface area (Å²) in [5.74, 6) is -1.34. The van der Waals surface area contributed by atoms with E-state index in [9.17, 15) is 13.6 Å². The maximum absolute atomic E-state index is 14.2. The van der Waals surface area contributed by atoms with Crippen molar-refractivity contribution in [2.24, 2.45) is 0 Å². The Labute approximate surface area is 147 Å². The summed E-state index contributed by atoms with van der Waals surface area (Å²) in [6.07, 6.45) is 3.86. The Morgan fingerprint density at radius 2 is 1.84 bits per heavy atom. The van der Waals surface area contributed by atoms with Gasteiger partial charge in [-0.05, 0) is 69.7 Å². The van der Waals surface area contributed by atoms with Gasteiger partial charge in [-0.3, -0.25) is 4.79 Å². The van der Waals surface area contributed by atoms with Gasteiger partial charge < -0.3 is 9.88 Å². The molecule has 134 valence electrons. The lowest BCUT2D eigenvalue weighted by Crippen LogP contribution is -2.32. The Hall–Kier alpha value is -2.17. The molecule has 0 spiro atoms. The zero-order valence-electron chi connectivity index (χ0n) is 15.0. The van der Waals surface area contributed by atoms with Crippen molar-refractivity contribution in [3.63, 3.8) is 0 Å². The Kier molecular flexibility index (Phi) is 4.93. The van der Waals surface area contributed by atoms with Crippen molar-refractivity contribution in [3.05, 3.63) is 57.9 Å². The summed E-state index contributed by atoms with van der Waals surface area (Å²) in [5, 5.41) is 2.92. The zero-order chi connectivity index (χ0) is 18.1. The summed E-state index contributed by atoms with van der Waals surface area (Å²) in [6.45, 7) is 5.77. The van der Waals surface area contributed by atoms with Crippen LogP contribution in [0.1, 0.15) is 59.6 Å². The highest BCUT2D eigenvalue weighted by molar-refractivity contribution is 5.95. The molecule has 0 saturated carbocycles. The van der Waals surface area contributed by atoms with E-state index in [-0.39, 0.29) is 24.1 Å². The lowest BCUT2D eigenvalue weighted by Gasteiger charge is -2.18. The SMILES string of the molecule is Cc1c2c(n(Cc3c(F)cccc3F)c1C(=O)NC(C)C)CCCC2. The fraction of sp³-hybridized carbons (Fsp3) is 0.450. The number of nitrogens with zero attached hydrogens (tertiary/aromatic N) is 1. The van der Waals surface area contributed by atoms with Gasteiger partial charge in [-0.1, -0.05) is 6.07 Å². The quantitative estimate of drug-likeness (QED) is 0.887. The molecule has 0 unspecified atom stereocenters. The lowest BCUT2D eigenvalue weighted by molar-refractivity contribution is 0.0933. The van der Waals surface area contributed by atoms with Gasteiger partial charge >= 0.3 is 0 Å². The van der Waals surface area contributed by atoms with Gasteiger partial charge in [0.25, 0.3) is 5.91 Å². The van der Waals surface area contributed by atoms with Crippen molar-refractivity contribution >= 4 is 5.91 Å². The maximum Gasteiger partial charge on any atom is 0.268 e. The number of fused-ring (bicyclic) bond motifs is 1. The molecule has 1 aromatic heterocycles. The zero-order valence-corrected chi connectivity index (χ0v) is 15.0. The smallest absolute Gasteiger partial charge is 0.268 e. The van der Waals surface area contributed by atoms with Crippen LogP contribution in [0.4, 0.5) is 8.78 Å². The molecule has 0 atom stereocenters. The van der Waals surface area contributed by atoms with Crippen molar-refractivity contribution in [1.29, 1.82) is 0 Å². The van der Waals surface area contributed by atoms with Gasteiger partial charge in [-0.25, -0.2) is 8.78 Å². The first-order chi connectivity index (χ1) is 11.9. The third-order valence-electron chi connectivity index (χ3n) is 4.86. The van der Waals surface area contributed by atoms with E-state index in [4.69, 9.17) is 0 Å². The van der Waals surface area contributed by atoms with Crippen LogP contribution in [0.15, 0.2) is 18.2 Å². The van der Waals surface area contributed by atoms with E-state index in [1.54, 1.807) is 0 Å². The second-order valence-corrected chi connectivity index (χ2v) is 7.02. The normalized spacial score (nSPS) is 13.8. The number of rotatable bonds is 4. The molecule has 0 saturated heterocycles. The van der Waals surface area contributed by atoms with E-state index in [1.165, 1.54) is 18.2 Å². The molecule has 1 N–H and O–H groups in total. The highest BCUT2D eigenvalue weighted by Gasteiger charge is 2.27. The number of hydrogen-bond donors (Lipinski definition) is 1. The number of carbonyl (C=O) groups excluding carboxylic acids is 1. The van der Waals surface area contributed by atoms with Crippen LogP contribution in [0.2, 0.25) is 0 Å². The van der Waals surface area contributed by atoms with E-state index in [0.717, 1.165) is 42.5 Å². The van der Waals surface area contributed by atoms with Gasteiger partial charge in [-0.2, -0.15) is 0 Å². The minimum Gasteiger partial charge on any atom is -0.349 e. The van der Waals surface area contributed by atoms with Gasteiger partial charge in [0.15, 0.2) is 0 Å². The second kappa shape index (κ2) is 6.98. The molecule has 1 amide bonds. The Balaban J connectivity index is 2.12. The number of benzene rings is 1. The predicted molar refractivity (Wildman–Crippen MR) is 93.9 cm³/mol. The number of hydrogen-bond acceptors (Lipinski definition) is 1. The van der Waals surface area contributed by atoms with Crippen LogP contribution in [0.3, 0.4) is 0 Å². The average Bonchev–Trinajstić information content (AvgIpc) is 2.83. The molecule has 0 radical (unpaired) electrons. The number of aromatic nitrogens is 1. The van der Waals surface area contributed by atoms with Crippen LogP contribution in [0.5, 0.6) is 0 Å². The summed E-state index contributed by atoms with van der Waals surface area (Å²) in [5.41, 5.74) is 3.68. The molecule has 3 rings (SSSR count). The van der Waals surface area contributed by atoms with E-state index >= 15 is 0 Å². The molecule has 0 aliphatic heterocycles. The van der Waals surface area contributed by atoms with Crippen LogP contribution >= 0.6 is 0 Å². The third-order valence-corrected chi connectivity index (χ3v) is 4.86. The van der Waals surface area contributed by atoms with E-state index in [1.807, 2.05) is 25.3 Å². The van der Waals surface area contributed by atoms with Crippen molar-refractivity contribution in [3.8, 4) is 0 Å². The third kappa shape index (κ3) is 3.32. The molecule has 1 aliphatic carbocycles. The summed E-state index contributed by atoms with van der Waals surface area (Å²) in [7, 11) is 0. The van der Waals surface area contributed by atoms with Crippen molar-refractivity contribution in [2.75, 3.05) is 0 Å². The fourth-order valence-electron chi connectivity index (χ4n) is 3.71. The Bertz CT molecular complexity index is 788. The topological polar surface area (TPSA) is 34.0 Å². The highest BCUT2D eigenvalue weighted by atomic mass is 19.1. The van der Waals surface area contributed by atoms with Crippen LogP contribution in [-0.2, 0) is 19.4 Å². The largest absolute Gasteiger partial charge is 0.349 e. The molecule has 1 aliphatic rings. The second-order valence-electron chi connectivity index (χ2n) is 7.02. The molecule has 25 heavy (non-hydrogen) atoms. The lowest BCUT2D eigenvalue weighted by atomic mass is 9.95. The summed E-state index contributed by atoms with van der Waals surface area (Å²) >= 11 is 0. The standard InChI is InChI=1S/C20H24F2N2O/c1-12(2)23-20(25)19-13(3)14-7-4-5-10-18(14)24(19)11-15-16(21)8-6-9-17(15)22/h6,8-9,12H,4-5,7,10-11H2,1-3H3,(H,23,25). The maximum atomic E-state index is 14.2. The summed E-state index contributed by atoms with van der Waals surface area (Å²) in [4.78, 5) is 12.8. The molecule has 1 heterocycles. The van der Waals surface area contributed by atoms with Crippen LogP contribution in [0.25, 0.3) is 0 Å². The first kappa shape index (κ1) is 17.6. The summed E-state index contributed by atoms with van der Waals surface area (Å²) < 4.78 is 30.2. The highest BCUT2D eigenvalue weighted by Crippen LogP contribution is 2.31. The van der Waals surface area contributed by atoms with Gasteiger partial charge in [0.2, 0.25) is 0 Å². The van der Waals surface area contributed by atoms with Gasteiger partial charge in [-0.15, -0.1) is 0 Å². The predicted octanol–water partition coefficient (Wildman–Crippen LogP) is 4.14. The number of amides is 1. The number of nitrogens with one attached hydrogen (secondary N) is 1. The minimum atomic E-state index is -0.578. The van der Waals surface area contributed by atoms with E-state index in [2.05, 4.69) is 5.32 Å². The minimum absolute atomic E-state index is 0.00234. The first-order valence-electron chi connectivity index (χ1n) is 8.84. The molecule has 1 aromatic carbocycles.